The van der Waals surface area contributed by atoms with Gasteiger partial charge in [-0.15, -0.1) is 11.3 Å². The van der Waals surface area contributed by atoms with E-state index in [-0.39, 0.29) is 18.0 Å². The van der Waals surface area contributed by atoms with Crippen LogP contribution in [0.2, 0.25) is 0 Å². The molecule has 0 aliphatic carbocycles. The Labute approximate surface area is 159 Å². The zero-order chi connectivity index (χ0) is 18.5. The molecule has 1 aliphatic rings. The Hall–Kier alpha value is -1.92. The summed E-state index contributed by atoms with van der Waals surface area (Å²) in [6, 6.07) is 8.44. The van der Waals surface area contributed by atoms with Crippen LogP contribution in [0.5, 0.6) is 5.75 Å². The Morgan fingerprint density at radius 1 is 1.46 bits per heavy atom. The van der Waals surface area contributed by atoms with Crippen LogP contribution < -0.4 is 10.1 Å². The van der Waals surface area contributed by atoms with Crippen molar-refractivity contribution in [1.29, 1.82) is 0 Å². The van der Waals surface area contributed by atoms with E-state index in [1.807, 2.05) is 30.0 Å². The largest absolute Gasteiger partial charge is 0.497 e. The number of hydrogen-bond acceptors (Lipinski definition) is 5. The number of thiazole rings is 1. The second kappa shape index (κ2) is 8.64. The van der Waals surface area contributed by atoms with Crippen LogP contribution in [0.15, 0.2) is 29.6 Å². The van der Waals surface area contributed by atoms with E-state index in [4.69, 9.17) is 4.74 Å². The van der Waals surface area contributed by atoms with E-state index in [2.05, 4.69) is 28.7 Å². The number of ether oxygens (including phenoxy) is 1. The summed E-state index contributed by atoms with van der Waals surface area (Å²) in [6.07, 6.45) is 2.55. The minimum atomic E-state index is 0.0540. The van der Waals surface area contributed by atoms with Crippen LogP contribution in [-0.2, 0) is 11.3 Å². The Balaban J connectivity index is 1.52. The Kier molecular flexibility index (Phi) is 6.27. The maximum Gasteiger partial charge on any atom is 0.223 e. The molecule has 0 bridgehead atoms. The van der Waals surface area contributed by atoms with Crippen LogP contribution in [0.4, 0.5) is 0 Å². The van der Waals surface area contributed by atoms with Gasteiger partial charge in [0.2, 0.25) is 5.91 Å². The van der Waals surface area contributed by atoms with Gasteiger partial charge in [0.1, 0.15) is 5.75 Å². The van der Waals surface area contributed by atoms with Gasteiger partial charge < -0.3 is 15.0 Å². The summed E-state index contributed by atoms with van der Waals surface area (Å²) in [5.74, 6) is 1.13. The maximum atomic E-state index is 12.4. The highest BCUT2D eigenvalue weighted by molar-refractivity contribution is 7.09. The quantitative estimate of drug-likeness (QED) is 0.717. The van der Waals surface area contributed by atoms with Gasteiger partial charge in [0, 0.05) is 24.4 Å². The third-order valence-corrected chi connectivity index (χ3v) is 5.76. The molecule has 1 amide bonds. The van der Waals surface area contributed by atoms with Gasteiger partial charge >= 0.3 is 0 Å². The number of hydrogen-bond donors (Lipinski definition) is 1. The molecule has 1 aromatic carbocycles. The fourth-order valence-electron chi connectivity index (χ4n) is 3.58. The molecule has 1 aromatic heterocycles. The molecule has 2 atom stereocenters. The number of benzene rings is 1. The fraction of sp³-hybridized carbons (Fsp3) is 0.500. The smallest absolute Gasteiger partial charge is 0.223 e. The van der Waals surface area contributed by atoms with Crippen molar-refractivity contribution in [2.45, 2.75) is 51.7 Å². The second-order valence-electron chi connectivity index (χ2n) is 6.78. The number of carbonyl (C=O) groups excluding carboxylic acids is 1. The first-order valence-corrected chi connectivity index (χ1v) is 10.0. The summed E-state index contributed by atoms with van der Waals surface area (Å²) in [5, 5.41) is 6.62. The van der Waals surface area contributed by atoms with E-state index in [9.17, 15) is 4.79 Å². The van der Waals surface area contributed by atoms with Crippen molar-refractivity contribution >= 4 is 17.2 Å². The molecule has 2 aromatic rings. The molecule has 1 aliphatic heterocycles. The van der Waals surface area contributed by atoms with E-state index in [1.54, 1.807) is 18.4 Å². The minimum Gasteiger partial charge on any atom is -0.497 e. The molecular formula is C20H27N3O2S. The van der Waals surface area contributed by atoms with Gasteiger partial charge in [-0.2, -0.15) is 0 Å². The predicted molar refractivity (Wildman–Crippen MR) is 104 cm³/mol. The lowest BCUT2D eigenvalue weighted by molar-refractivity contribution is -0.131. The van der Waals surface area contributed by atoms with Gasteiger partial charge in [-0.1, -0.05) is 12.1 Å². The number of nitrogens with zero attached hydrogens (tertiary/aromatic N) is 2. The summed E-state index contributed by atoms with van der Waals surface area (Å²) >= 11 is 1.64. The summed E-state index contributed by atoms with van der Waals surface area (Å²) in [7, 11) is 1.68. The van der Waals surface area contributed by atoms with Crippen LogP contribution in [0.25, 0.3) is 0 Å². The average molecular weight is 374 g/mol. The van der Waals surface area contributed by atoms with Crippen LogP contribution >= 0.6 is 11.3 Å². The van der Waals surface area contributed by atoms with Gasteiger partial charge in [-0.25, -0.2) is 4.98 Å². The number of aromatic nitrogens is 1. The molecular weight excluding hydrogens is 346 g/mol. The molecule has 1 N–H and O–H groups in total. The monoisotopic (exact) mass is 373 g/mol. The van der Waals surface area contributed by atoms with Crippen LogP contribution in [0.1, 0.15) is 48.5 Å². The number of nitrogens with one attached hydrogen (secondary N) is 1. The molecule has 140 valence electrons. The summed E-state index contributed by atoms with van der Waals surface area (Å²) < 4.78 is 5.26. The third-order valence-electron chi connectivity index (χ3n) is 4.97. The molecule has 0 unspecified atom stereocenters. The number of amides is 1. The summed E-state index contributed by atoms with van der Waals surface area (Å²) in [5.41, 5.74) is 2.21. The molecule has 26 heavy (non-hydrogen) atoms. The van der Waals surface area contributed by atoms with E-state index >= 15 is 0 Å². The van der Waals surface area contributed by atoms with Gasteiger partial charge in [0.05, 0.1) is 23.9 Å². The SMILES string of the molecule is COc1cccc(CNCC[C@@H]2CCC(=O)N2[C@@H](C)c2csc(C)n2)c1. The van der Waals surface area contributed by atoms with Crippen LogP contribution in [0, 0.1) is 6.92 Å². The highest BCUT2D eigenvalue weighted by Gasteiger charge is 2.35. The highest BCUT2D eigenvalue weighted by atomic mass is 32.1. The second-order valence-corrected chi connectivity index (χ2v) is 7.84. The Morgan fingerprint density at radius 2 is 2.31 bits per heavy atom. The Bertz CT molecular complexity index is 746. The van der Waals surface area contributed by atoms with Gasteiger partial charge in [0.15, 0.2) is 0 Å². The molecule has 1 saturated heterocycles. The van der Waals surface area contributed by atoms with Crippen molar-refractivity contribution in [1.82, 2.24) is 15.2 Å². The number of rotatable bonds is 8. The normalized spacial score (nSPS) is 18.3. The van der Waals surface area contributed by atoms with E-state index in [0.29, 0.717) is 6.42 Å². The Morgan fingerprint density at radius 3 is 3.04 bits per heavy atom. The number of methoxy groups -OCH3 is 1. The molecule has 3 rings (SSSR count). The van der Waals surface area contributed by atoms with Gasteiger partial charge in [-0.05, 0) is 50.9 Å². The number of aryl methyl sites for hydroxylation is 1. The molecule has 0 saturated carbocycles. The van der Waals surface area contributed by atoms with Crippen molar-refractivity contribution in [2.75, 3.05) is 13.7 Å². The van der Waals surface area contributed by atoms with Crippen LogP contribution in [-0.4, -0.2) is 35.5 Å². The molecule has 6 heteroatoms. The number of likely N-dealkylation sites (tertiary alicyclic amines) is 1. The van der Waals surface area contributed by atoms with E-state index in [0.717, 1.165) is 42.4 Å². The van der Waals surface area contributed by atoms with Crippen molar-refractivity contribution in [2.24, 2.45) is 0 Å². The zero-order valence-corrected chi connectivity index (χ0v) is 16.5. The standard InChI is InChI=1S/C20H27N3O2S/c1-14(19-13-26-15(2)22-19)23-17(7-8-20(23)24)9-10-21-12-16-5-4-6-18(11-16)25-3/h4-6,11,13-14,17,21H,7-10,12H2,1-3H3/t14-,17-/m0/s1. The lowest BCUT2D eigenvalue weighted by atomic mass is 10.1. The van der Waals surface area contributed by atoms with Gasteiger partial charge in [0.25, 0.3) is 0 Å². The maximum absolute atomic E-state index is 12.4. The van der Waals surface area contributed by atoms with Crippen molar-refractivity contribution in [3.8, 4) is 5.75 Å². The van der Waals surface area contributed by atoms with Crippen LogP contribution in [0.3, 0.4) is 0 Å². The van der Waals surface area contributed by atoms with E-state index < -0.39 is 0 Å². The van der Waals surface area contributed by atoms with Gasteiger partial charge in [-0.3, -0.25) is 4.79 Å². The van der Waals surface area contributed by atoms with Crippen molar-refractivity contribution in [3.05, 3.63) is 45.9 Å². The zero-order valence-electron chi connectivity index (χ0n) is 15.7. The fourth-order valence-corrected chi connectivity index (χ4v) is 4.27. The molecule has 5 nitrogen and oxygen atoms in total. The first-order valence-electron chi connectivity index (χ1n) is 9.15. The number of carbonyl (C=O) groups is 1. The summed E-state index contributed by atoms with van der Waals surface area (Å²) in [4.78, 5) is 19.0. The lowest BCUT2D eigenvalue weighted by Gasteiger charge is -2.30. The molecule has 1 fully saturated rings. The average Bonchev–Trinajstić information content (AvgIpc) is 3.24. The first kappa shape index (κ1) is 18.9. The lowest BCUT2D eigenvalue weighted by Crippen LogP contribution is -2.37. The highest BCUT2D eigenvalue weighted by Crippen LogP contribution is 2.32. The molecule has 0 radical (unpaired) electrons. The molecule has 0 spiro atoms. The molecule has 2 heterocycles. The first-order chi connectivity index (χ1) is 12.6. The van der Waals surface area contributed by atoms with E-state index in [1.165, 1.54) is 5.56 Å². The topological polar surface area (TPSA) is 54.5 Å². The van der Waals surface area contributed by atoms with Crippen molar-refractivity contribution < 1.29 is 9.53 Å². The third kappa shape index (κ3) is 4.43. The predicted octanol–water partition coefficient (Wildman–Crippen LogP) is 3.69. The summed E-state index contributed by atoms with van der Waals surface area (Å²) in [6.45, 7) is 5.79. The minimum absolute atomic E-state index is 0.0540. The van der Waals surface area contributed by atoms with Crippen molar-refractivity contribution in [3.63, 3.8) is 0 Å².